The van der Waals surface area contributed by atoms with Crippen LogP contribution in [0.2, 0.25) is 0 Å². The lowest BCUT2D eigenvalue weighted by molar-refractivity contribution is -0.137. The third-order valence-electron chi connectivity index (χ3n) is 2.75. The summed E-state index contributed by atoms with van der Waals surface area (Å²) in [7, 11) is 0. The van der Waals surface area contributed by atoms with Gasteiger partial charge in [-0.25, -0.2) is 4.98 Å². The van der Waals surface area contributed by atoms with Crippen LogP contribution in [0.5, 0.6) is 0 Å². The van der Waals surface area contributed by atoms with Gasteiger partial charge >= 0.3 is 6.18 Å². The molecule has 0 atom stereocenters. The zero-order chi connectivity index (χ0) is 17.3. The molecule has 0 saturated heterocycles. The first-order chi connectivity index (χ1) is 11.3. The monoisotopic (exact) mass is 372 g/mol. The van der Waals surface area contributed by atoms with E-state index in [-0.39, 0.29) is 19.8 Å². The van der Waals surface area contributed by atoms with Crippen molar-refractivity contribution in [2.24, 2.45) is 0 Å². The second-order valence-electron chi connectivity index (χ2n) is 4.48. The van der Waals surface area contributed by atoms with E-state index >= 15 is 0 Å². The average molecular weight is 372 g/mol. The van der Waals surface area contributed by atoms with E-state index < -0.39 is 22.5 Å². The van der Waals surface area contributed by atoms with Crippen LogP contribution in [0.4, 0.5) is 13.2 Å². The first-order valence-corrected chi connectivity index (χ1v) is 8.00. The Labute approximate surface area is 139 Å². The summed E-state index contributed by atoms with van der Waals surface area (Å²) in [6.07, 6.45) is 0.359. The molecule has 0 saturated carbocycles. The van der Waals surface area contributed by atoms with Crippen molar-refractivity contribution in [3.8, 4) is 0 Å². The molecule has 0 aliphatic heterocycles. The summed E-state index contributed by atoms with van der Waals surface area (Å²) in [5.74, 6) is -0.312. The number of furan rings is 1. The van der Waals surface area contributed by atoms with Crippen LogP contribution in [0.1, 0.15) is 20.4 Å². The fraction of sp³-hybridized carbons (Fsp3) is 0.0714. The van der Waals surface area contributed by atoms with E-state index in [4.69, 9.17) is 4.42 Å². The van der Waals surface area contributed by atoms with E-state index in [0.29, 0.717) is 11.3 Å². The molecule has 0 bridgehead atoms. The Morgan fingerprint density at radius 2 is 2.12 bits per heavy atom. The number of nitrogens with one attached hydrogen (secondary N) is 1. The highest BCUT2D eigenvalue weighted by atomic mass is 32.1. The molecule has 0 amide bonds. The van der Waals surface area contributed by atoms with Crippen molar-refractivity contribution in [3.05, 3.63) is 59.8 Å². The SMILES string of the molecule is O=C(/C=c1/[nH]c(=O)/c(=C/c2cnc(C(F)(F)F)s2)s1)c1ccco1. The van der Waals surface area contributed by atoms with Crippen molar-refractivity contribution in [2.75, 3.05) is 0 Å². The first-order valence-electron chi connectivity index (χ1n) is 6.36. The van der Waals surface area contributed by atoms with Gasteiger partial charge in [0.25, 0.3) is 5.56 Å². The summed E-state index contributed by atoms with van der Waals surface area (Å²) in [5, 5.41) is -0.985. The van der Waals surface area contributed by atoms with E-state index in [0.717, 1.165) is 17.5 Å². The van der Waals surface area contributed by atoms with Gasteiger partial charge in [0.2, 0.25) is 5.78 Å². The molecule has 3 rings (SSSR count). The molecule has 0 aliphatic rings. The number of carbonyl (C=O) groups is 1. The number of carbonyl (C=O) groups excluding carboxylic acids is 1. The number of rotatable bonds is 3. The highest BCUT2D eigenvalue weighted by Gasteiger charge is 2.34. The molecule has 0 fully saturated rings. The number of Topliss-reactive ketones (excluding diaryl/α,β-unsaturated/α-hetero) is 1. The van der Waals surface area contributed by atoms with Gasteiger partial charge in [-0.15, -0.1) is 22.7 Å². The Morgan fingerprint density at radius 1 is 1.33 bits per heavy atom. The molecule has 0 radical (unpaired) electrons. The number of halogens is 3. The van der Waals surface area contributed by atoms with Crippen LogP contribution in [-0.4, -0.2) is 15.8 Å². The van der Waals surface area contributed by atoms with Crippen LogP contribution in [0.3, 0.4) is 0 Å². The van der Waals surface area contributed by atoms with E-state index in [2.05, 4.69) is 9.97 Å². The highest BCUT2D eigenvalue weighted by Crippen LogP contribution is 2.32. The first kappa shape index (κ1) is 16.4. The Balaban J connectivity index is 1.96. The molecule has 0 aromatic carbocycles. The maximum atomic E-state index is 12.5. The number of hydrogen-bond donors (Lipinski definition) is 1. The Hall–Kier alpha value is -2.46. The minimum Gasteiger partial charge on any atom is -0.461 e. The second kappa shape index (κ2) is 6.21. The summed E-state index contributed by atoms with van der Waals surface area (Å²) >= 11 is 1.39. The van der Waals surface area contributed by atoms with Crippen molar-refractivity contribution in [3.63, 3.8) is 0 Å². The molecular formula is C14H7F3N2O3S2. The van der Waals surface area contributed by atoms with Gasteiger partial charge in [-0.05, 0) is 18.2 Å². The Morgan fingerprint density at radius 3 is 2.75 bits per heavy atom. The quantitative estimate of drug-likeness (QED) is 0.714. The summed E-state index contributed by atoms with van der Waals surface area (Å²) in [5.41, 5.74) is -0.500. The molecule has 0 unspecified atom stereocenters. The van der Waals surface area contributed by atoms with Gasteiger partial charge in [-0.3, -0.25) is 9.59 Å². The Kier molecular flexibility index (Phi) is 4.24. The molecule has 1 N–H and O–H groups in total. The van der Waals surface area contributed by atoms with Crippen molar-refractivity contribution in [2.45, 2.75) is 6.18 Å². The average Bonchev–Trinajstić information content (AvgIpc) is 3.21. The van der Waals surface area contributed by atoms with Gasteiger partial charge in [-0.2, -0.15) is 13.2 Å². The smallest absolute Gasteiger partial charge is 0.443 e. The fourth-order valence-electron chi connectivity index (χ4n) is 1.75. The molecule has 0 spiro atoms. The predicted octanol–water partition coefficient (Wildman–Crippen LogP) is 2.00. The molecule has 3 aromatic heterocycles. The van der Waals surface area contributed by atoms with Crippen LogP contribution in [0.25, 0.3) is 12.2 Å². The lowest BCUT2D eigenvalue weighted by Gasteiger charge is -1.98. The summed E-state index contributed by atoms with van der Waals surface area (Å²) < 4.78 is 42.9. The topological polar surface area (TPSA) is 76.0 Å². The van der Waals surface area contributed by atoms with Crippen LogP contribution < -0.4 is 14.8 Å². The van der Waals surface area contributed by atoms with E-state index in [1.807, 2.05) is 0 Å². The molecular weight excluding hydrogens is 365 g/mol. The summed E-state index contributed by atoms with van der Waals surface area (Å²) in [4.78, 5) is 29.7. The van der Waals surface area contributed by atoms with Gasteiger partial charge < -0.3 is 9.40 Å². The molecule has 10 heteroatoms. The number of H-pyrrole nitrogens is 1. The van der Waals surface area contributed by atoms with Crippen LogP contribution >= 0.6 is 22.7 Å². The number of alkyl halides is 3. The largest absolute Gasteiger partial charge is 0.461 e. The third-order valence-corrected chi connectivity index (χ3v) is 4.70. The van der Waals surface area contributed by atoms with Crippen LogP contribution in [0.15, 0.2) is 33.8 Å². The normalized spacial score (nSPS) is 13.6. The maximum Gasteiger partial charge on any atom is 0.443 e. The van der Waals surface area contributed by atoms with Gasteiger partial charge in [-0.1, -0.05) is 0 Å². The molecule has 0 aliphatic carbocycles. The standard InChI is InChI=1S/C14H7F3N2O3S2/c15-14(16,17)13-18-6-7(23-13)4-10-12(21)19-11(24-10)5-8(20)9-2-1-3-22-9/h1-6H,(H,19,21)/b10-4-,11-5-. The minimum absolute atomic E-state index is 0.118. The number of ketones is 1. The number of nitrogens with zero attached hydrogens (tertiary/aromatic N) is 1. The molecule has 24 heavy (non-hydrogen) atoms. The number of thiazole rings is 2. The Bertz CT molecular complexity index is 1040. The molecule has 5 nitrogen and oxygen atoms in total. The van der Waals surface area contributed by atoms with E-state index in [1.54, 1.807) is 6.07 Å². The third kappa shape index (κ3) is 3.54. The van der Waals surface area contributed by atoms with Crippen molar-refractivity contribution < 1.29 is 22.4 Å². The van der Waals surface area contributed by atoms with Crippen molar-refractivity contribution >= 4 is 40.6 Å². The molecule has 124 valence electrons. The van der Waals surface area contributed by atoms with E-state index in [1.165, 1.54) is 24.5 Å². The highest BCUT2D eigenvalue weighted by molar-refractivity contribution is 7.13. The summed E-state index contributed by atoms with van der Waals surface area (Å²) in [6, 6.07) is 3.03. The summed E-state index contributed by atoms with van der Waals surface area (Å²) in [6.45, 7) is 0. The van der Waals surface area contributed by atoms with Crippen LogP contribution in [-0.2, 0) is 6.18 Å². The molecule has 3 aromatic rings. The predicted molar refractivity (Wildman–Crippen MR) is 82.4 cm³/mol. The lowest BCUT2D eigenvalue weighted by Crippen LogP contribution is -2.19. The zero-order valence-electron chi connectivity index (χ0n) is 11.6. The fourth-order valence-corrected chi connectivity index (χ4v) is 3.42. The number of aromatic nitrogens is 2. The number of aromatic amines is 1. The van der Waals surface area contributed by atoms with Gasteiger partial charge in [0, 0.05) is 17.2 Å². The number of hydrogen-bond acceptors (Lipinski definition) is 6. The van der Waals surface area contributed by atoms with Gasteiger partial charge in [0.1, 0.15) is 0 Å². The van der Waals surface area contributed by atoms with E-state index in [9.17, 15) is 22.8 Å². The van der Waals surface area contributed by atoms with Gasteiger partial charge in [0.15, 0.2) is 10.8 Å². The van der Waals surface area contributed by atoms with Gasteiger partial charge in [0.05, 0.1) is 15.5 Å². The lowest BCUT2D eigenvalue weighted by atomic mass is 10.3. The maximum absolute atomic E-state index is 12.5. The van der Waals surface area contributed by atoms with Crippen LogP contribution in [0, 0.1) is 0 Å². The van der Waals surface area contributed by atoms with Crippen molar-refractivity contribution in [1.82, 2.24) is 9.97 Å². The molecule has 3 heterocycles. The minimum atomic E-state index is -4.52. The van der Waals surface area contributed by atoms with Crippen molar-refractivity contribution in [1.29, 1.82) is 0 Å². The zero-order valence-corrected chi connectivity index (χ0v) is 13.2. The second-order valence-corrected chi connectivity index (χ2v) is 6.63.